The quantitative estimate of drug-likeness (QED) is 0.928. The van der Waals surface area contributed by atoms with Gasteiger partial charge in [0.25, 0.3) is 0 Å². The van der Waals surface area contributed by atoms with Gasteiger partial charge in [-0.25, -0.2) is 0 Å². The minimum atomic E-state index is 0.0271. The highest BCUT2D eigenvalue weighted by atomic mass is 79.9. The third-order valence-electron chi connectivity index (χ3n) is 2.74. The lowest BCUT2D eigenvalue weighted by molar-refractivity contribution is -0.0470. The largest absolute Gasteiger partial charge is 0.489 e. The Morgan fingerprint density at radius 3 is 3.11 bits per heavy atom. The Balaban J connectivity index is 1.98. The molecule has 1 aromatic rings. The minimum Gasteiger partial charge on any atom is -0.489 e. The maximum atomic E-state index is 9.07. The summed E-state index contributed by atoms with van der Waals surface area (Å²) in [5.41, 5.74) is 0.523. The van der Waals surface area contributed by atoms with Crippen molar-refractivity contribution >= 4 is 15.9 Å². The Morgan fingerprint density at radius 1 is 1.56 bits per heavy atom. The van der Waals surface area contributed by atoms with Crippen LogP contribution in [-0.4, -0.2) is 31.9 Å². The van der Waals surface area contributed by atoms with Gasteiger partial charge in [-0.2, -0.15) is 5.26 Å². The normalized spacial score (nSPS) is 23.4. The Kier molecular flexibility index (Phi) is 4.59. The number of hydrogen-bond donors (Lipinski definition) is 1. The van der Waals surface area contributed by atoms with E-state index in [1.54, 1.807) is 6.07 Å². The van der Waals surface area contributed by atoms with Gasteiger partial charge in [-0.05, 0) is 35.0 Å². The van der Waals surface area contributed by atoms with Crippen molar-refractivity contribution in [2.75, 3.05) is 19.7 Å². The van der Waals surface area contributed by atoms with E-state index in [-0.39, 0.29) is 12.2 Å². The molecule has 1 N–H and O–H groups in total. The van der Waals surface area contributed by atoms with E-state index >= 15 is 0 Å². The third-order valence-corrected chi connectivity index (χ3v) is 3.40. The van der Waals surface area contributed by atoms with Crippen molar-refractivity contribution in [3.8, 4) is 11.8 Å². The monoisotopic (exact) mass is 310 g/mol. The molecule has 2 unspecified atom stereocenters. The van der Waals surface area contributed by atoms with Crippen molar-refractivity contribution < 1.29 is 9.47 Å². The first-order valence-corrected chi connectivity index (χ1v) is 6.67. The van der Waals surface area contributed by atoms with E-state index in [0.29, 0.717) is 17.9 Å². The lowest BCUT2D eigenvalue weighted by Gasteiger charge is -2.28. The predicted octanol–water partition coefficient (Wildman–Crippen LogP) is 2.08. The van der Waals surface area contributed by atoms with Crippen LogP contribution < -0.4 is 10.1 Å². The highest BCUT2D eigenvalue weighted by Gasteiger charge is 2.19. The van der Waals surface area contributed by atoms with Gasteiger partial charge in [0, 0.05) is 17.6 Å². The van der Waals surface area contributed by atoms with Crippen LogP contribution in [0, 0.1) is 11.3 Å². The number of rotatable bonds is 3. The van der Waals surface area contributed by atoms with Gasteiger partial charge in [0.1, 0.15) is 30.1 Å². The van der Waals surface area contributed by atoms with Crippen LogP contribution in [-0.2, 0) is 4.74 Å². The molecule has 96 valence electrons. The van der Waals surface area contributed by atoms with Crippen molar-refractivity contribution in [2.24, 2.45) is 0 Å². The molecular weight excluding hydrogens is 296 g/mol. The number of ether oxygens (including phenoxy) is 2. The van der Waals surface area contributed by atoms with Crippen molar-refractivity contribution in [3.63, 3.8) is 0 Å². The Morgan fingerprint density at radius 2 is 2.39 bits per heavy atom. The summed E-state index contributed by atoms with van der Waals surface area (Å²) < 4.78 is 12.2. The molecule has 0 bridgehead atoms. The van der Waals surface area contributed by atoms with Gasteiger partial charge >= 0.3 is 0 Å². The fraction of sp³-hybridized carbons (Fsp3) is 0.462. The fourth-order valence-electron chi connectivity index (χ4n) is 1.89. The van der Waals surface area contributed by atoms with E-state index < -0.39 is 0 Å². The summed E-state index contributed by atoms with van der Waals surface area (Å²) in [7, 11) is 0. The molecule has 4 nitrogen and oxygen atoms in total. The average molecular weight is 311 g/mol. The SMILES string of the molecule is CC1CNCC(COc2cccc(Br)c2C#N)O1. The van der Waals surface area contributed by atoms with Crippen molar-refractivity contribution in [3.05, 3.63) is 28.2 Å². The Bertz CT molecular complexity index is 459. The molecule has 18 heavy (non-hydrogen) atoms. The maximum absolute atomic E-state index is 9.07. The number of halogens is 1. The van der Waals surface area contributed by atoms with Crippen molar-refractivity contribution in [2.45, 2.75) is 19.1 Å². The first-order valence-electron chi connectivity index (χ1n) is 5.88. The molecule has 0 amide bonds. The lowest BCUT2D eigenvalue weighted by atomic mass is 10.2. The second-order valence-electron chi connectivity index (χ2n) is 4.26. The van der Waals surface area contributed by atoms with Crippen LogP contribution in [0.1, 0.15) is 12.5 Å². The van der Waals surface area contributed by atoms with Crippen LogP contribution >= 0.6 is 15.9 Å². The van der Waals surface area contributed by atoms with Crippen LogP contribution in [0.5, 0.6) is 5.75 Å². The molecule has 1 saturated heterocycles. The van der Waals surface area contributed by atoms with Crippen LogP contribution in [0.2, 0.25) is 0 Å². The van der Waals surface area contributed by atoms with Crippen LogP contribution in [0.3, 0.4) is 0 Å². The topological polar surface area (TPSA) is 54.3 Å². The Hall–Kier alpha value is -1.09. The highest BCUT2D eigenvalue weighted by molar-refractivity contribution is 9.10. The van der Waals surface area contributed by atoms with Crippen molar-refractivity contribution in [1.82, 2.24) is 5.32 Å². The smallest absolute Gasteiger partial charge is 0.138 e. The van der Waals surface area contributed by atoms with Gasteiger partial charge in [0.05, 0.1) is 6.10 Å². The summed E-state index contributed by atoms with van der Waals surface area (Å²) in [5.74, 6) is 0.591. The molecule has 1 aliphatic heterocycles. The molecular formula is C13H15BrN2O2. The fourth-order valence-corrected chi connectivity index (χ4v) is 2.32. The molecule has 0 saturated carbocycles. The number of hydrogen-bond acceptors (Lipinski definition) is 4. The second-order valence-corrected chi connectivity index (χ2v) is 5.12. The van der Waals surface area contributed by atoms with Gasteiger partial charge in [-0.1, -0.05) is 6.07 Å². The molecule has 2 atom stereocenters. The third kappa shape index (κ3) is 3.22. The second kappa shape index (κ2) is 6.19. The standard InChI is InChI=1S/C13H15BrN2O2/c1-9-6-16-7-10(18-9)8-17-13-4-2-3-12(14)11(13)5-15/h2-4,9-10,16H,6-8H2,1H3. The number of nitrogens with zero attached hydrogens (tertiary/aromatic N) is 1. The van der Waals surface area contributed by atoms with Gasteiger partial charge in [0.2, 0.25) is 0 Å². The van der Waals surface area contributed by atoms with Gasteiger partial charge in [0.15, 0.2) is 0 Å². The van der Waals surface area contributed by atoms with E-state index in [1.807, 2.05) is 19.1 Å². The summed E-state index contributed by atoms with van der Waals surface area (Å²) in [6, 6.07) is 7.60. The molecule has 0 aliphatic carbocycles. The number of morpholine rings is 1. The zero-order valence-corrected chi connectivity index (χ0v) is 11.7. The first-order chi connectivity index (χ1) is 8.70. The lowest BCUT2D eigenvalue weighted by Crippen LogP contribution is -2.45. The van der Waals surface area contributed by atoms with E-state index in [9.17, 15) is 0 Å². The molecule has 5 heteroatoms. The van der Waals surface area contributed by atoms with Crippen LogP contribution in [0.4, 0.5) is 0 Å². The molecule has 1 aromatic carbocycles. The molecule has 0 aromatic heterocycles. The van der Waals surface area contributed by atoms with E-state index in [4.69, 9.17) is 14.7 Å². The first kappa shape index (κ1) is 13.3. The minimum absolute atomic E-state index is 0.0271. The van der Waals surface area contributed by atoms with Gasteiger partial charge in [-0.15, -0.1) is 0 Å². The van der Waals surface area contributed by atoms with E-state index in [2.05, 4.69) is 27.3 Å². The number of nitriles is 1. The molecule has 0 spiro atoms. The molecule has 1 aliphatic rings. The molecule has 2 rings (SSSR count). The summed E-state index contributed by atoms with van der Waals surface area (Å²) >= 11 is 3.34. The number of nitrogens with one attached hydrogen (secondary N) is 1. The average Bonchev–Trinajstić information content (AvgIpc) is 2.36. The highest BCUT2D eigenvalue weighted by Crippen LogP contribution is 2.26. The molecule has 1 fully saturated rings. The zero-order chi connectivity index (χ0) is 13.0. The number of benzene rings is 1. The zero-order valence-electron chi connectivity index (χ0n) is 10.1. The Labute approximate surface area is 115 Å². The summed E-state index contributed by atoms with van der Waals surface area (Å²) in [4.78, 5) is 0. The summed E-state index contributed by atoms with van der Waals surface area (Å²) in [5, 5.41) is 12.4. The summed E-state index contributed by atoms with van der Waals surface area (Å²) in [6.07, 6.45) is 0.226. The predicted molar refractivity (Wildman–Crippen MR) is 71.6 cm³/mol. The van der Waals surface area contributed by atoms with Crippen LogP contribution in [0.15, 0.2) is 22.7 Å². The maximum Gasteiger partial charge on any atom is 0.138 e. The summed E-state index contributed by atoms with van der Waals surface area (Å²) in [6.45, 7) is 4.12. The van der Waals surface area contributed by atoms with E-state index in [1.165, 1.54) is 0 Å². The van der Waals surface area contributed by atoms with Crippen LogP contribution in [0.25, 0.3) is 0 Å². The van der Waals surface area contributed by atoms with Crippen molar-refractivity contribution in [1.29, 1.82) is 5.26 Å². The van der Waals surface area contributed by atoms with Gasteiger partial charge in [-0.3, -0.25) is 0 Å². The molecule has 1 heterocycles. The molecule has 0 radical (unpaired) electrons. The van der Waals surface area contributed by atoms with Gasteiger partial charge < -0.3 is 14.8 Å². The van der Waals surface area contributed by atoms with E-state index in [0.717, 1.165) is 17.6 Å².